The zero-order valence-corrected chi connectivity index (χ0v) is 16.3. The molecule has 1 aliphatic heterocycles. The summed E-state index contributed by atoms with van der Waals surface area (Å²) >= 11 is 6.10. The number of benzene rings is 2. The van der Waals surface area contributed by atoms with Crippen molar-refractivity contribution < 1.29 is 13.9 Å². The topological polar surface area (TPSA) is 69.7 Å². The Morgan fingerprint density at radius 2 is 1.90 bits per heavy atom. The number of halogens is 2. The normalized spacial score (nSPS) is 18.2. The average Bonchev–Trinajstić information content (AvgIpc) is 3.16. The highest BCUT2D eigenvalue weighted by Crippen LogP contribution is 2.39. The van der Waals surface area contributed by atoms with E-state index in [1.807, 2.05) is 42.5 Å². The van der Waals surface area contributed by atoms with Crippen molar-refractivity contribution in [3.05, 3.63) is 83.1 Å². The lowest BCUT2D eigenvalue weighted by atomic mass is 9.83. The molecule has 0 radical (unpaired) electrons. The first-order valence-corrected chi connectivity index (χ1v) is 9.47. The molecule has 0 saturated heterocycles. The van der Waals surface area contributed by atoms with E-state index in [1.54, 1.807) is 24.5 Å². The van der Waals surface area contributed by atoms with Crippen LogP contribution in [0.25, 0.3) is 11.1 Å². The number of aliphatic imine (C=N–C) groups is 1. The molecule has 5 nitrogen and oxygen atoms in total. The number of rotatable bonds is 6. The van der Waals surface area contributed by atoms with Crippen molar-refractivity contribution >= 4 is 17.6 Å². The average molecular weight is 412 g/mol. The van der Waals surface area contributed by atoms with Gasteiger partial charge in [-0.3, -0.25) is 4.98 Å². The number of alkyl halides is 1. The highest BCUT2D eigenvalue weighted by atomic mass is 35.5. The summed E-state index contributed by atoms with van der Waals surface area (Å²) in [6.07, 6.45) is 3.36. The standard InChI is InChI=1S/C22H19ClFN3O2/c23-19-11-16(12-26-13-19)15-2-1-3-18(10-15)22(14-29-21(25)27-22)17-4-6-20(7-5-17)28-9-8-24/h1-7,10-13H,8-9,14H2,(H2,25,27)/t22-/m0/s1. The first kappa shape index (κ1) is 19.2. The van der Waals surface area contributed by atoms with Crippen LogP contribution in [0.1, 0.15) is 11.1 Å². The van der Waals surface area contributed by atoms with Crippen molar-refractivity contribution in [3.63, 3.8) is 0 Å². The summed E-state index contributed by atoms with van der Waals surface area (Å²) in [5.74, 6) is 0.594. The summed E-state index contributed by atoms with van der Waals surface area (Å²) in [5, 5.41) is 0.568. The molecule has 2 N–H and O–H groups in total. The number of pyridine rings is 1. The second kappa shape index (κ2) is 8.09. The number of nitrogens with two attached hydrogens (primary N) is 1. The second-order valence-electron chi connectivity index (χ2n) is 6.63. The van der Waals surface area contributed by atoms with Crippen molar-refractivity contribution in [3.8, 4) is 16.9 Å². The maximum absolute atomic E-state index is 12.3. The third-order valence-electron chi connectivity index (χ3n) is 4.79. The molecule has 0 aliphatic carbocycles. The molecule has 0 unspecified atom stereocenters. The number of hydrogen-bond donors (Lipinski definition) is 1. The Morgan fingerprint density at radius 3 is 2.59 bits per heavy atom. The molecule has 0 saturated carbocycles. The number of nitrogens with zero attached hydrogens (tertiary/aromatic N) is 2. The van der Waals surface area contributed by atoms with Gasteiger partial charge in [-0.15, -0.1) is 0 Å². The fraction of sp³-hybridized carbons (Fsp3) is 0.182. The molecule has 0 fully saturated rings. The van der Waals surface area contributed by atoms with E-state index in [4.69, 9.17) is 26.8 Å². The molecule has 1 atom stereocenters. The summed E-state index contributed by atoms with van der Waals surface area (Å²) in [6, 6.07) is 17.3. The second-order valence-corrected chi connectivity index (χ2v) is 7.07. The van der Waals surface area contributed by atoms with E-state index in [2.05, 4.69) is 9.98 Å². The Balaban J connectivity index is 1.76. The van der Waals surface area contributed by atoms with Gasteiger partial charge in [0.25, 0.3) is 6.02 Å². The van der Waals surface area contributed by atoms with Gasteiger partial charge in [0, 0.05) is 18.0 Å². The largest absolute Gasteiger partial charge is 0.491 e. The lowest BCUT2D eigenvalue weighted by molar-refractivity contribution is 0.271. The highest BCUT2D eigenvalue weighted by molar-refractivity contribution is 6.30. The smallest absolute Gasteiger partial charge is 0.283 e. The zero-order valence-electron chi connectivity index (χ0n) is 15.5. The van der Waals surface area contributed by atoms with Crippen molar-refractivity contribution in [1.29, 1.82) is 0 Å². The third-order valence-corrected chi connectivity index (χ3v) is 4.99. The monoisotopic (exact) mass is 411 g/mol. The Labute approximate surface area is 173 Å². The van der Waals surface area contributed by atoms with Crippen LogP contribution in [0.5, 0.6) is 5.75 Å². The highest BCUT2D eigenvalue weighted by Gasteiger charge is 2.40. The van der Waals surface area contributed by atoms with E-state index in [0.717, 1.165) is 22.3 Å². The van der Waals surface area contributed by atoms with Gasteiger partial charge in [-0.2, -0.15) is 0 Å². The third kappa shape index (κ3) is 3.89. The van der Waals surface area contributed by atoms with Crippen LogP contribution in [0.3, 0.4) is 0 Å². The van der Waals surface area contributed by atoms with Crippen LogP contribution in [-0.2, 0) is 10.3 Å². The molecule has 1 aliphatic rings. The molecular weight excluding hydrogens is 393 g/mol. The van der Waals surface area contributed by atoms with Crippen LogP contribution in [-0.4, -0.2) is 30.9 Å². The Kier molecular flexibility index (Phi) is 5.36. The summed E-state index contributed by atoms with van der Waals surface area (Å²) in [5.41, 5.74) is 8.78. The zero-order chi connectivity index (χ0) is 20.3. The van der Waals surface area contributed by atoms with Crippen molar-refractivity contribution in [1.82, 2.24) is 4.98 Å². The maximum atomic E-state index is 12.3. The van der Waals surface area contributed by atoms with Crippen molar-refractivity contribution in [2.75, 3.05) is 19.9 Å². The summed E-state index contributed by atoms with van der Waals surface area (Å²) in [4.78, 5) is 8.80. The van der Waals surface area contributed by atoms with E-state index < -0.39 is 12.2 Å². The van der Waals surface area contributed by atoms with Crippen LogP contribution >= 0.6 is 11.6 Å². The molecule has 2 aromatic carbocycles. The Hall–Kier alpha value is -3.12. The van der Waals surface area contributed by atoms with Gasteiger partial charge in [0.05, 0.1) is 5.02 Å². The fourth-order valence-electron chi connectivity index (χ4n) is 3.40. The van der Waals surface area contributed by atoms with Gasteiger partial charge >= 0.3 is 0 Å². The molecule has 2 heterocycles. The molecule has 0 bridgehead atoms. The van der Waals surface area contributed by atoms with Gasteiger partial charge in [0.1, 0.15) is 25.6 Å². The van der Waals surface area contributed by atoms with Crippen molar-refractivity contribution in [2.45, 2.75) is 5.54 Å². The van der Waals surface area contributed by atoms with E-state index in [-0.39, 0.29) is 19.2 Å². The molecule has 7 heteroatoms. The maximum Gasteiger partial charge on any atom is 0.283 e. The molecule has 1 aromatic heterocycles. The van der Waals surface area contributed by atoms with Crippen LogP contribution in [0, 0.1) is 0 Å². The molecule has 3 aromatic rings. The van der Waals surface area contributed by atoms with Gasteiger partial charge in [-0.1, -0.05) is 41.9 Å². The molecule has 29 heavy (non-hydrogen) atoms. The first-order chi connectivity index (χ1) is 14.1. The minimum absolute atomic E-state index is 0.0222. The lowest BCUT2D eigenvalue weighted by Crippen LogP contribution is -2.27. The predicted octanol–water partition coefficient (Wildman–Crippen LogP) is 4.34. The fourth-order valence-corrected chi connectivity index (χ4v) is 3.58. The predicted molar refractivity (Wildman–Crippen MR) is 111 cm³/mol. The van der Waals surface area contributed by atoms with E-state index in [1.165, 1.54) is 0 Å². The number of ether oxygens (including phenoxy) is 2. The number of aromatic nitrogens is 1. The first-order valence-electron chi connectivity index (χ1n) is 9.10. The summed E-state index contributed by atoms with van der Waals surface area (Å²) in [6.45, 7) is -0.235. The van der Waals surface area contributed by atoms with Crippen LogP contribution in [0.4, 0.5) is 4.39 Å². The van der Waals surface area contributed by atoms with Gasteiger partial charge in [0.2, 0.25) is 0 Å². The molecule has 0 spiro atoms. The number of hydrogen-bond acceptors (Lipinski definition) is 5. The van der Waals surface area contributed by atoms with E-state index in [0.29, 0.717) is 10.8 Å². The Bertz CT molecular complexity index is 1040. The van der Waals surface area contributed by atoms with Crippen molar-refractivity contribution in [2.24, 2.45) is 10.7 Å². The van der Waals surface area contributed by atoms with Gasteiger partial charge in [-0.25, -0.2) is 9.38 Å². The molecule has 148 valence electrons. The summed E-state index contributed by atoms with van der Waals surface area (Å²) in [7, 11) is 0. The quantitative estimate of drug-likeness (QED) is 0.655. The van der Waals surface area contributed by atoms with Crippen LogP contribution in [0.15, 0.2) is 72.0 Å². The molecular formula is C22H19ClFN3O2. The summed E-state index contributed by atoms with van der Waals surface area (Å²) < 4.78 is 23.2. The van der Waals surface area contributed by atoms with Crippen LogP contribution in [0.2, 0.25) is 5.02 Å². The van der Waals surface area contributed by atoms with E-state index >= 15 is 0 Å². The lowest BCUT2D eigenvalue weighted by Gasteiger charge is -2.26. The Morgan fingerprint density at radius 1 is 1.07 bits per heavy atom. The minimum atomic E-state index is -0.787. The minimum Gasteiger partial charge on any atom is -0.491 e. The van der Waals surface area contributed by atoms with Crippen LogP contribution < -0.4 is 10.5 Å². The van der Waals surface area contributed by atoms with Gasteiger partial charge in [0.15, 0.2) is 5.54 Å². The SMILES string of the molecule is NC1=N[C@@](c2ccc(OCCF)cc2)(c2cccc(-c3cncc(Cl)c3)c2)CO1. The molecule has 0 amide bonds. The number of amidine groups is 1. The molecule has 4 rings (SSSR count). The van der Waals surface area contributed by atoms with Gasteiger partial charge in [-0.05, 0) is 41.0 Å². The van der Waals surface area contributed by atoms with Gasteiger partial charge < -0.3 is 15.2 Å². The van der Waals surface area contributed by atoms with E-state index in [9.17, 15) is 4.39 Å².